The van der Waals surface area contributed by atoms with E-state index in [2.05, 4.69) is 0 Å². The maximum atomic E-state index is 9.56. The summed E-state index contributed by atoms with van der Waals surface area (Å²) in [6, 6.07) is 0. The predicted molar refractivity (Wildman–Crippen MR) is 25.0 cm³/mol. The van der Waals surface area contributed by atoms with Crippen molar-refractivity contribution in [3.8, 4) is 0 Å². The molecule has 0 aromatic carbocycles. The largest absolute Gasteiger partial charge is 2.00 e. The monoisotopic (exact) mass is 360 g/mol. The first kappa shape index (κ1) is 34.3. The molecule has 0 saturated carbocycles. The Balaban J connectivity index is -0.00000000750. The molecule has 0 saturated heterocycles. The number of rotatable bonds is 0. The molecular weight excluding hydrogens is 352 g/mol. The maximum Gasteiger partial charge on any atom is 2.00 e. The van der Waals surface area contributed by atoms with Gasteiger partial charge in [0.2, 0.25) is 0 Å². The van der Waals surface area contributed by atoms with E-state index in [-0.39, 0.29) is 52.0 Å². The third kappa shape index (κ3) is 158. The summed E-state index contributed by atoms with van der Waals surface area (Å²) in [5.41, 5.74) is 0. The van der Waals surface area contributed by atoms with Crippen molar-refractivity contribution in [2.24, 2.45) is 0 Å². The summed E-state index contributed by atoms with van der Waals surface area (Å²) in [5, 5.41) is 0. The molecular formula is C2H9Cl2NOPtS. The fourth-order valence-corrected chi connectivity index (χ4v) is 0. The smallest absolute Gasteiger partial charge is 1.00 e. The van der Waals surface area contributed by atoms with Gasteiger partial charge in [0.25, 0.3) is 0 Å². The Labute approximate surface area is 79.3 Å². The fraction of sp³-hybridized carbons (Fsp3) is 1.00. The van der Waals surface area contributed by atoms with E-state index >= 15 is 0 Å². The predicted octanol–water partition coefficient (Wildman–Crippen LogP) is -5.84. The molecule has 6 heteroatoms. The molecule has 0 spiro atoms. The molecule has 0 aromatic heterocycles. The van der Waals surface area contributed by atoms with Crippen LogP contribution in [0.1, 0.15) is 0 Å². The molecule has 0 heterocycles. The summed E-state index contributed by atoms with van der Waals surface area (Å²) in [6.07, 6.45) is 3.28. The van der Waals surface area contributed by atoms with Crippen LogP contribution in [-0.2, 0) is 31.9 Å². The number of halogens is 2. The Bertz CT molecular complexity index is 43.0. The van der Waals surface area contributed by atoms with Crippen molar-refractivity contribution in [2.45, 2.75) is 0 Å². The fourth-order valence-electron chi connectivity index (χ4n) is 0. The zero-order chi connectivity index (χ0) is 3.58. The Morgan fingerprint density at radius 1 is 1.12 bits per heavy atom. The van der Waals surface area contributed by atoms with Gasteiger partial charge in [0.15, 0.2) is 0 Å². The summed E-state index contributed by atoms with van der Waals surface area (Å²) in [4.78, 5) is 0. The second-order valence-electron chi connectivity index (χ2n) is 0.742. The normalized spacial score (nSPS) is 4.38. The molecule has 0 rings (SSSR count). The average Bonchev–Trinajstić information content (AvgIpc) is 0.811. The van der Waals surface area contributed by atoms with Crippen molar-refractivity contribution in [1.29, 1.82) is 0 Å². The summed E-state index contributed by atoms with van der Waals surface area (Å²) >= 11 is 0. The molecule has 0 radical (unpaired) electrons. The van der Waals surface area contributed by atoms with Crippen LogP contribution in [0, 0.1) is 0 Å². The Morgan fingerprint density at radius 2 is 1.12 bits per heavy atom. The van der Waals surface area contributed by atoms with Gasteiger partial charge >= 0.3 is 21.1 Å². The molecule has 0 unspecified atom stereocenters. The summed E-state index contributed by atoms with van der Waals surface area (Å²) in [6.45, 7) is 0. The van der Waals surface area contributed by atoms with E-state index in [0.29, 0.717) is 0 Å². The van der Waals surface area contributed by atoms with Crippen molar-refractivity contribution in [3.05, 3.63) is 0 Å². The number of hydrogen-bond acceptors (Lipinski definition) is 2. The van der Waals surface area contributed by atoms with Gasteiger partial charge in [-0.15, -0.1) is 0 Å². The molecule has 0 aliphatic heterocycles. The molecule has 0 atom stereocenters. The summed E-state index contributed by atoms with van der Waals surface area (Å²) in [7, 11) is -0.611. The van der Waals surface area contributed by atoms with Gasteiger partial charge < -0.3 is 31.0 Å². The van der Waals surface area contributed by atoms with Crippen LogP contribution < -0.4 is 31.0 Å². The van der Waals surface area contributed by atoms with Crippen LogP contribution in [0.15, 0.2) is 0 Å². The van der Waals surface area contributed by atoms with Crippen LogP contribution in [0.25, 0.3) is 0 Å². The van der Waals surface area contributed by atoms with E-state index in [1.165, 1.54) is 0 Å². The minimum Gasteiger partial charge on any atom is -1.00 e. The van der Waals surface area contributed by atoms with Crippen LogP contribution in [-0.4, -0.2) is 16.7 Å². The molecule has 0 amide bonds. The van der Waals surface area contributed by atoms with E-state index in [1.807, 2.05) is 0 Å². The average molecular weight is 361 g/mol. The van der Waals surface area contributed by atoms with Crippen LogP contribution in [0.3, 0.4) is 0 Å². The standard InChI is InChI=1S/C2H6OS.2ClH.H3N.Pt/c1-4(2)3;;;;/h1-2H3;2*1H;1H3;/q;;;;+2/p-2. The quantitative estimate of drug-likeness (QED) is 0.468. The van der Waals surface area contributed by atoms with Gasteiger partial charge in [0.1, 0.15) is 0 Å². The van der Waals surface area contributed by atoms with Gasteiger partial charge in [-0.1, -0.05) is 0 Å². The molecule has 0 fully saturated rings. The minimum absolute atomic E-state index is 0. The molecule has 8 heavy (non-hydrogen) atoms. The summed E-state index contributed by atoms with van der Waals surface area (Å²) in [5.74, 6) is 0. The van der Waals surface area contributed by atoms with Crippen LogP contribution in [0.4, 0.5) is 0 Å². The number of hydrogen-bond donors (Lipinski definition) is 1. The molecule has 0 aromatic rings. The first-order chi connectivity index (χ1) is 1.73. The third-order valence-electron chi connectivity index (χ3n) is 0. The molecule has 58 valence electrons. The molecule has 0 bridgehead atoms. The maximum absolute atomic E-state index is 9.56. The zero-order valence-electron chi connectivity index (χ0n) is 4.60. The Morgan fingerprint density at radius 3 is 1.12 bits per heavy atom. The molecule has 2 nitrogen and oxygen atoms in total. The van der Waals surface area contributed by atoms with E-state index in [0.717, 1.165) is 0 Å². The second kappa shape index (κ2) is 23.8. The van der Waals surface area contributed by atoms with Crippen LogP contribution in [0.2, 0.25) is 0 Å². The Hall–Kier alpha value is 1.38. The topological polar surface area (TPSA) is 52.1 Å². The van der Waals surface area contributed by atoms with Crippen LogP contribution in [0.5, 0.6) is 0 Å². The van der Waals surface area contributed by atoms with Gasteiger partial charge in [0, 0.05) is 23.3 Å². The minimum atomic E-state index is -0.611. The first-order valence-electron chi connectivity index (χ1n) is 0.983. The van der Waals surface area contributed by atoms with E-state index in [4.69, 9.17) is 0 Å². The van der Waals surface area contributed by atoms with Gasteiger partial charge in [-0.3, -0.25) is 4.21 Å². The van der Waals surface area contributed by atoms with Crippen molar-refractivity contribution in [2.75, 3.05) is 12.5 Å². The SMILES string of the molecule is CS(C)=O.N.[Cl-].[Cl-].[Pt+2]. The van der Waals surface area contributed by atoms with Crippen molar-refractivity contribution < 1.29 is 50.1 Å². The molecule has 0 aliphatic carbocycles. The van der Waals surface area contributed by atoms with Gasteiger partial charge in [-0.2, -0.15) is 0 Å². The van der Waals surface area contributed by atoms with E-state index < -0.39 is 10.8 Å². The zero-order valence-corrected chi connectivity index (χ0v) is 9.20. The van der Waals surface area contributed by atoms with Crippen LogP contribution >= 0.6 is 0 Å². The van der Waals surface area contributed by atoms with Crippen molar-refractivity contribution in [1.82, 2.24) is 6.15 Å². The van der Waals surface area contributed by atoms with Crippen molar-refractivity contribution >= 4 is 10.8 Å². The third-order valence-corrected chi connectivity index (χ3v) is 0. The van der Waals surface area contributed by atoms with Gasteiger partial charge in [-0.05, 0) is 0 Å². The van der Waals surface area contributed by atoms with Crippen molar-refractivity contribution in [3.63, 3.8) is 0 Å². The van der Waals surface area contributed by atoms with E-state index in [9.17, 15) is 4.21 Å². The summed E-state index contributed by atoms with van der Waals surface area (Å²) < 4.78 is 9.56. The molecule has 0 aliphatic rings. The van der Waals surface area contributed by atoms with E-state index in [1.54, 1.807) is 12.5 Å². The molecule has 3 N–H and O–H groups in total. The van der Waals surface area contributed by atoms with Gasteiger partial charge in [0.05, 0.1) is 0 Å². The van der Waals surface area contributed by atoms with Gasteiger partial charge in [-0.25, -0.2) is 0 Å². The second-order valence-corrected chi connectivity index (χ2v) is 2.22. The first-order valence-corrected chi connectivity index (χ1v) is 2.95. The Kier molecular flexibility index (Phi) is 102.